The third-order valence-corrected chi connectivity index (χ3v) is 3.53. The van der Waals surface area contributed by atoms with Crippen molar-refractivity contribution in [1.82, 2.24) is 0 Å². The van der Waals surface area contributed by atoms with E-state index in [0.717, 1.165) is 4.78 Å². The van der Waals surface area contributed by atoms with E-state index >= 15 is 0 Å². The Balaban J connectivity index is 2.49. The highest BCUT2D eigenvalue weighted by molar-refractivity contribution is 6.58. The summed E-state index contributed by atoms with van der Waals surface area (Å²) in [4.78, 5) is 0. The standard InChI is InChI=1S/C5H5.2CH3.Al/c1-2-4-5-3-1;;;/h1-5H;2*1H3;. The van der Waals surface area contributed by atoms with Gasteiger partial charge in [-0.15, -0.1) is 11.6 Å². The van der Waals surface area contributed by atoms with Crippen molar-refractivity contribution in [3.05, 3.63) is 24.3 Å². The fourth-order valence-electron chi connectivity index (χ4n) is 0.893. The molecule has 42 valence electrons. The second kappa shape index (κ2) is 2.53. The van der Waals surface area contributed by atoms with Gasteiger partial charge in [0, 0.05) is 0 Å². The number of hydrogen-bond donors (Lipinski definition) is 0. The maximum atomic E-state index is 2.38. The Kier molecular flexibility index (Phi) is 1.94. The molecule has 1 heteroatoms. The van der Waals surface area contributed by atoms with Gasteiger partial charge >= 0.3 is 0 Å². The second-order valence-electron chi connectivity index (χ2n) is 2.59. The van der Waals surface area contributed by atoms with Crippen LogP contribution in [0.2, 0.25) is 16.4 Å². The Bertz CT molecular complexity index is 110. The molecule has 0 unspecified atom stereocenters. The lowest BCUT2D eigenvalue weighted by atomic mass is 10.5. The number of allylic oxidation sites excluding steroid dienone is 4. The van der Waals surface area contributed by atoms with Crippen molar-refractivity contribution in [2.75, 3.05) is 0 Å². The molecular formula is C7H11Al. The molecule has 8 heavy (non-hydrogen) atoms. The van der Waals surface area contributed by atoms with Crippen LogP contribution >= 0.6 is 0 Å². The Labute approximate surface area is 55.3 Å². The highest BCUT2D eigenvalue weighted by atomic mass is 27.2. The third kappa shape index (κ3) is 1.25. The molecule has 0 heterocycles. The Hall–Kier alpha value is 0.0125. The maximum Gasteiger partial charge on any atom is 0.269 e. The molecule has 0 nitrogen and oxygen atoms in total. The summed E-state index contributed by atoms with van der Waals surface area (Å²) in [7, 11) is 0. The van der Waals surface area contributed by atoms with Gasteiger partial charge in [0.05, 0.1) is 0 Å². The first-order chi connectivity index (χ1) is 3.80. The van der Waals surface area contributed by atoms with E-state index in [0.29, 0.717) is 0 Å². The van der Waals surface area contributed by atoms with Gasteiger partial charge < -0.3 is 0 Å². The zero-order valence-electron chi connectivity index (χ0n) is 5.46. The number of rotatable bonds is 1. The average Bonchev–Trinajstić information content (AvgIpc) is 2.12. The summed E-state index contributed by atoms with van der Waals surface area (Å²) in [6.07, 6.45) is 8.91. The van der Waals surface area contributed by atoms with Gasteiger partial charge in [0.15, 0.2) is 0 Å². The summed E-state index contributed by atoms with van der Waals surface area (Å²) in [6.45, 7) is 0. The molecule has 0 bridgehead atoms. The van der Waals surface area contributed by atoms with E-state index in [9.17, 15) is 0 Å². The molecule has 1 aliphatic carbocycles. The molecule has 0 N–H and O–H groups in total. The van der Waals surface area contributed by atoms with Crippen LogP contribution in [0.5, 0.6) is 0 Å². The molecule has 0 aromatic rings. The molecule has 0 fully saturated rings. The molecule has 0 radical (unpaired) electrons. The van der Waals surface area contributed by atoms with E-state index in [1.807, 2.05) is 0 Å². The van der Waals surface area contributed by atoms with Crippen molar-refractivity contribution in [1.29, 1.82) is 0 Å². The van der Waals surface area contributed by atoms with E-state index < -0.39 is 14.1 Å². The molecule has 0 atom stereocenters. The quantitative estimate of drug-likeness (QED) is 0.468. The second-order valence-corrected chi connectivity index (χ2v) is 5.85. The van der Waals surface area contributed by atoms with Crippen LogP contribution in [-0.4, -0.2) is 14.1 Å². The molecule has 1 aliphatic rings. The zero-order chi connectivity index (χ0) is 5.98. The fraction of sp³-hybridized carbons (Fsp3) is 0.429. The molecule has 0 aromatic heterocycles. The van der Waals surface area contributed by atoms with Crippen molar-refractivity contribution in [2.24, 2.45) is 0 Å². The summed E-state index contributed by atoms with van der Waals surface area (Å²) in [6, 6.07) is 0. The van der Waals surface area contributed by atoms with Crippen molar-refractivity contribution < 1.29 is 0 Å². The molecule has 0 amide bonds. The largest absolute Gasteiger partial charge is 0.269 e. The predicted octanol–water partition coefficient (Wildman–Crippen LogP) is 2.24. The molecule has 1 rings (SSSR count). The predicted molar refractivity (Wildman–Crippen MR) is 39.5 cm³/mol. The minimum atomic E-state index is -0.397. The summed E-state index contributed by atoms with van der Waals surface area (Å²) in [5.41, 5.74) is 0. The molecule has 0 aromatic carbocycles. The van der Waals surface area contributed by atoms with Gasteiger partial charge in [-0.3, -0.25) is 0 Å². The van der Waals surface area contributed by atoms with E-state index in [2.05, 4.69) is 35.9 Å². The van der Waals surface area contributed by atoms with Gasteiger partial charge in [-0.1, -0.05) is 24.3 Å². The topological polar surface area (TPSA) is 0 Å². The van der Waals surface area contributed by atoms with Crippen LogP contribution < -0.4 is 0 Å². The summed E-state index contributed by atoms with van der Waals surface area (Å²) >= 11 is -0.397. The Morgan fingerprint density at radius 2 is 1.62 bits per heavy atom. The lowest BCUT2D eigenvalue weighted by Crippen LogP contribution is -2.04. The van der Waals surface area contributed by atoms with Crippen molar-refractivity contribution in [3.8, 4) is 0 Å². The highest BCUT2D eigenvalue weighted by Gasteiger charge is 2.12. The van der Waals surface area contributed by atoms with Gasteiger partial charge in [-0.2, -0.15) is 0 Å². The van der Waals surface area contributed by atoms with Gasteiger partial charge in [0.25, 0.3) is 14.1 Å². The monoisotopic (exact) mass is 122 g/mol. The normalized spacial score (nSPS) is 17.8. The van der Waals surface area contributed by atoms with Crippen LogP contribution in [0.1, 0.15) is 0 Å². The fourth-order valence-corrected chi connectivity index (χ4v) is 2.04. The first-order valence-corrected chi connectivity index (χ1v) is 6.13. The van der Waals surface area contributed by atoms with Crippen molar-refractivity contribution in [2.45, 2.75) is 16.4 Å². The Morgan fingerprint density at radius 3 is 1.88 bits per heavy atom. The van der Waals surface area contributed by atoms with Crippen molar-refractivity contribution in [3.63, 3.8) is 0 Å². The molecule has 0 saturated carbocycles. The smallest absolute Gasteiger partial charge is 0.105 e. The SMILES string of the molecule is [CH3][Al]([CH3])[CH]1C=CC=C1. The minimum absolute atomic E-state index is 0.397. The van der Waals surface area contributed by atoms with Gasteiger partial charge in [0.2, 0.25) is 0 Å². The first kappa shape index (κ1) is 6.14. The molecule has 0 spiro atoms. The average molecular weight is 122 g/mol. The maximum absolute atomic E-state index is 2.38. The summed E-state index contributed by atoms with van der Waals surface area (Å²) < 4.78 is 0.843. The summed E-state index contributed by atoms with van der Waals surface area (Å²) in [5, 5.41) is 0. The van der Waals surface area contributed by atoms with Gasteiger partial charge in [-0.05, 0) is 4.78 Å². The lowest BCUT2D eigenvalue weighted by Gasteiger charge is -2.01. The van der Waals surface area contributed by atoms with E-state index in [4.69, 9.17) is 0 Å². The van der Waals surface area contributed by atoms with Crippen LogP contribution in [0, 0.1) is 0 Å². The summed E-state index contributed by atoms with van der Waals surface area (Å²) in [5.74, 6) is 4.76. The third-order valence-electron chi connectivity index (χ3n) is 1.55. The minimum Gasteiger partial charge on any atom is -0.105 e. The van der Waals surface area contributed by atoms with E-state index in [-0.39, 0.29) is 0 Å². The van der Waals surface area contributed by atoms with Gasteiger partial charge in [-0.25, -0.2) is 0 Å². The van der Waals surface area contributed by atoms with Crippen LogP contribution in [0.25, 0.3) is 0 Å². The molecular weight excluding hydrogens is 111 g/mol. The zero-order valence-corrected chi connectivity index (χ0v) is 6.62. The van der Waals surface area contributed by atoms with Gasteiger partial charge in [0.1, 0.15) is 0 Å². The molecule has 0 aliphatic heterocycles. The van der Waals surface area contributed by atoms with Crippen molar-refractivity contribution >= 4 is 14.1 Å². The highest BCUT2D eigenvalue weighted by Crippen LogP contribution is 2.18. The number of hydrogen-bond acceptors (Lipinski definition) is 0. The van der Waals surface area contributed by atoms with Crippen LogP contribution in [0.15, 0.2) is 24.3 Å². The van der Waals surface area contributed by atoms with Crippen LogP contribution in [0.3, 0.4) is 0 Å². The van der Waals surface area contributed by atoms with E-state index in [1.165, 1.54) is 0 Å². The Morgan fingerprint density at radius 1 is 1.12 bits per heavy atom. The lowest BCUT2D eigenvalue weighted by molar-refractivity contribution is 1.35. The molecule has 0 saturated heterocycles. The van der Waals surface area contributed by atoms with Crippen LogP contribution in [-0.2, 0) is 0 Å². The first-order valence-electron chi connectivity index (χ1n) is 3.15. The van der Waals surface area contributed by atoms with E-state index in [1.54, 1.807) is 0 Å². The van der Waals surface area contributed by atoms with Crippen LogP contribution in [0.4, 0.5) is 0 Å².